The van der Waals surface area contributed by atoms with Crippen LogP contribution < -0.4 is 0 Å². The fourth-order valence-electron chi connectivity index (χ4n) is 2.75. The Hall–Kier alpha value is -1.30. The molecule has 0 aliphatic heterocycles. The van der Waals surface area contributed by atoms with E-state index in [-0.39, 0.29) is 16.2 Å². The molecular weight excluding hydrogens is 336 g/mol. The molecule has 0 spiro atoms. The molecule has 2 aromatic heterocycles. The van der Waals surface area contributed by atoms with Gasteiger partial charge in [0.1, 0.15) is 11.5 Å². The average Bonchev–Trinajstić information content (AvgIpc) is 3.19. The van der Waals surface area contributed by atoms with Crippen molar-refractivity contribution in [1.29, 1.82) is 0 Å². The van der Waals surface area contributed by atoms with E-state index < -0.39 is 0 Å². The number of rotatable bonds is 6. The molecule has 0 fully saturated rings. The largest absolute Gasteiger partial charge is 0.371 e. The van der Waals surface area contributed by atoms with Gasteiger partial charge in [0, 0.05) is 28.4 Å². The van der Waals surface area contributed by atoms with E-state index in [0.717, 1.165) is 0 Å². The van der Waals surface area contributed by atoms with Crippen molar-refractivity contribution >= 4 is 33.2 Å². The summed E-state index contributed by atoms with van der Waals surface area (Å²) in [7, 11) is 0. The second-order valence-corrected chi connectivity index (χ2v) is 9.62. The van der Waals surface area contributed by atoms with E-state index >= 15 is 0 Å². The predicted octanol–water partition coefficient (Wildman–Crippen LogP) is 5.91. The van der Waals surface area contributed by atoms with E-state index in [1.54, 1.807) is 11.3 Å². The number of thioether (sulfide) groups is 1. The number of imidazole rings is 1. The molecule has 2 atom stereocenters. The van der Waals surface area contributed by atoms with Crippen LogP contribution in [0, 0.1) is 0 Å². The van der Waals surface area contributed by atoms with Gasteiger partial charge in [-0.05, 0) is 41.5 Å². The molecule has 2 unspecified atom stereocenters. The Balaban J connectivity index is 2.01. The first-order valence-corrected chi connectivity index (χ1v) is 9.98. The van der Waals surface area contributed by atoms with Crippen LogP contribution in [0.15, 0.2) is 48.4 Å². The molecule has 0 bridgehead atoms. The number of nitrogens with zero attached hydrogens (tertiary/aromatic N) is 2. The highest BCUT2D eigenvalue weighted by molar-refractivity contribution is 8.00. The summed E-state index contributed by atoms with van der Waals surface area (Å²) in [4.78, 5) is 4.25. The van der Waals surface area contributed by atoms with E-state index in [4.69, 9.17) is 4.74 Å². The molecule has 0 radical (unpaired) electrons. The highest BCUT2D eigenvalue weighted by atomic mass is 32.2. The quantitative estimate of drug-likeness (QED) is 0.547. The maximum Gasteiger partial charge on any atom is 0.113 e. The van der Waals surface area contributed by atoms with Gasteiger partial charge < -0.3 is 9.30 Å². The van der Waals surface area contributed by atoms with Gasteiger partial charge in [-0.2, -0.15) is 0 Å². The Labute approximate surface area is 152 Å². The van der Waals surface area contributed by atoms with Gasteiger partial charge >= 0.3 is 0 Å². The molecule has 3 nitrogen and oxygen atoms in total. The third kappa shape index (κ3) is 4.02. The zero-order chi connectivity index (χ0) is 17.2. The van der Waals surface area contributed by atoms with E-state index in [9.17, 15) is 0 Å². The van der Waals surface area contributed by atoms with Crippen LogP contribution in [0.1, 0.15) is 44.7 Å². The van der Waals surface area contributed by atoms with Gasteiger partial charge in [-0.3, -0.25) is 0 Å². The molecular formula is C19H24N2OS2. The molecule has 1 aromatic carbocycles. The van der Waals surface area contributed by atoms with Crippen LogP contribution in [0.4, 0.5) is 0 Å². The van der Waals surface area contributed by atoms with Crippen molar-refractivity contribution in [2.75, 3.05) is 6.61 Å². The van der Waals surface area contributed by atoms with Crippen LogP contribution in [-0.2, 0) is 4.74 Å². The Morgan fingerprint density at radius 2 is 2.12 bits per heavy atom. The fraction of sp³-hybridized carbons (Fsp3) is 0.421. The lowest BCUT2D eigenvalue weighted by Gasteiger charge is -2.33. The lowest BCUT2D eigenvalue weighted by atomic mass is 10.1. The summed E-state index contributed by atoms with van der Waals surface area (Å²) in [6.45, 7) is 9.47. The van der Waals surface area contributed by atoms with Gasteiger partial charge in [0.05, 0.1) is 6.33 Å². The first-order valence-electron chi connectivity index (χ1n) is 8.22. The van der Waals surface area contributed by atoms with Crippen LogP contribution in [0.5, 0.6) is 0 Å². The summed E-state index contributed by atoms with van der Waals surface area (Å²) in [6.07, 6.45) is 5.73. The lowest BCUT2D eigenvalue weighted by molar-refractivity contribution is 0.0467. The highest BCUT2D eigenvalue weighted by Crippen LogP contribution is 2.45. The van der Waals surface area contributed by atoms with Crippen LogP contribution in [0.25, 0.3) is 10.1 Å². The number of aromatic nitrogens is 2. The number of hydrogen-bond donors (Lipinski definition) is 0. The normalized spacial score (nSPS) is 14.8. The summed E-state index contributed by atoms with van der Waals surface area (Å²) >= 11 is 3.69. The summed E-state index contributed by atoms with van der Waals surface area (Å²) in [5.74, 6) is 0. The Bertz CT molecular complexity index is 774. The third-order valence-corrected chi connectivity index (χ3v) is 6.04. The van der Waals surface area contributed by atoms with E-state index in [2.05, 4.69) is 66.9 Å². The molecule has 3 rings (SSSR count). The van der Waals surface area contributed by atoms with Crippen molar-refractivity contribution in [3.63, 3.8) is 0 Å². The second-order valence-electron chi connectivity index (χ2n) is 6.72. The number of benzene rings is 1. The van der Waals surface area contributed by atoms with Gasteiger partial charge in [0.25, 0.3) is 0 Å². The zero-order valence-corrected chi connectivity index (χ0v) is 16.2. The molecule has 3 aromatic rings. The van der Waals surface area contributed by atoms with E-state index in [0.29, 0.717) is 6.61 Å². The summed E-state index contributed by atoms with van der Waals surface area (Å²) in [6, 6.07) is 8.84. The molecule has 24 heavy (non-hydrogen) atoms. The molecule has 128 valence electrons. The van der Waals surface area contributed by atoms with Gasteiger partial charge in [0.2, 0.25) is 0 Å². The topological polar surface area (TPSA) is 27.1 Å². The number of fused-ring (bicyclic) bond motifs is 1. The fourth-order valence-corrected chi connectivity index (χ4v) is 4.85. The summed E-state index contributed by atoms with van der Waals surface area (Å²) < 4.78 is 9.82. The van der Waals surface area contributed by atoms with Gasteiger partial charge in [-0.25, -0.2) is 4.98 Å². The standard InChI is InChI=1S/C19H24N2OS2/c1-5-22-17(15-6-7-16-14(12-15)8-11-23-16)18(24-19(2,3)4)21-10-9-20-13-21/h6-13,17-18H,5H2,1-4H3. The maximum atomic E-state index is 6.22. The summed E-state index contributed by atoms with van der Waals surface area (Å²) in [5, 5.41) is 3.57. The first kappa shape index (κ1) is 17.5. The molecule has 5 heteroatoms. The number of hydrogen-bond acceptors (Lipinski definition) is 4. The molecule has 0 saturated carbocycles. The van der Waals surface area contributed by atoms with Gasteiger partial charge in [0.15, 0.2) is 0 Å². The minimum atomic E-state index is -0.0160. The SMILES string of the molecule is CCOC(c1ccc2sccc2c1)C(SC(C)(C)C)n1ccnc1. The van der Waals surface area contributed by atoms with Crippen molar-refractivity contribution in [1.82, 2.24) is 9.55 Å². The van der Waals surface area contributed by atoms with Crippen molar-refractivity contribution in [3.8, 4) is 0 Å². The maximum absolute atomic E-state index is 6.22. The Morgan fingerprint density at radius 3 is 2.79 bits per heavy atom. The first-order chi connectivity index (χ1) is 11.5. The monoisotopic (exact) mass is 360 g/mol. The molecule has 0 aliphatic carbocycles. The minimum Gasteiger partial charge on any atom is -0.371 e. The van der Waals surface area contributed by atoms with Gasteiger partial charge in [-0.1, -0.05) is 26.8 Å². The van der Waals surface area contributed by atoms with Crippen LogP contribution in [-0.4, -0.2) is 20.9 Å². The number of ether oxygens (including phenoxy) is 1. The van der Waals surface area contributed by atoms with Crippen LogP contribution in [0.3, 0.4) is 0 Å². The molecule has 0 aliphatic rings. The summed E-state index contributed by atoms with van der Waals surface area (Å²) in [5.41, 5.74) is 1.22. The minimum absolute atomic E-state index is 0.0160. The van der Waals surface area contributed by atoms with Crippen molar-refractivity contribution in [2.45, 2.75) is 43.9 Å². The van der Waals surface area contributed by atoms with Crippen LogP contribution >= 0.6 is 23.1 Å². The predicted molar refractivity (Wildman–Crippen MR) is 105 cm³/mol. The van der Waals surface area contributed by atoms with E-state index in [1.807, 2.05) is 30.5 Å². The lowest BCUT2D eigenvalue weighted by Crippen LogP contribution is -2.22. The highest BCUT2D eigenvalue weighted by Gasteiger charge is 2.30. The molecule has 0 amide bonds. The van der Waals surface area contributed by atoms with Crippen LogP contribution in [0.2, 0.25) is 0 Å². The molecule has 0 N–H and O–H groups in total. The van der Waals surface area contributed by atoms with Gasteiger partial charge in [-0.15, -0.1) is 23.1 Å². The smallest absolute Gasteiger partial charge is 0.113 e. The van der Waals surface area contributed by atoms with E-state index in [1.165, 1.54) is 15.6 Å². The Morgan fingerprint density at radius 1 is 1.29 bits per heavy atom. The van der Waals surface area contributed by atoms with Crippen molar-refractivity contribution in [2.24, 2.45) is 0 Å². The average molecular weight is 361 g/mol. The van der Waals surface area contributed by atoms with Crippen molar-refractivity contribution < 1.29 is 4.74 Å². The van der Waals surface area contributed by atoms with Crippen molar-refractivity contribution in [3.05, 3.63) is 53.9 Å². The molecule has 0 saturated heterocycles. The second kappa shape index (κ2) is 7.30. The number of thiophene rings is 1. The molecule has 2 heterocycles. The third-order valence-electron chi connectivity index (χ3n) is 3.70. The Kier molecular flexibility index (Phi) is 5.33. The zero-order valence-electron chi connectivity index (χ0n) is 14.6.